The number of ketones is 1. The first-order chi connectivity index (χ1) is 8.67. The van der Waals surface area contributed by atoms with E-state index in [-0.39, 0.29) is 25.2 Å². The maximum absolute atomic E-state index is 11.7. The average Bonchev–Trinajstić information content (AvgIpc) is 2.42. The van der Waals surface area contributed by atoms with E-state index in [4.69, 9.17) is 5.26 Å². The van der Waals surface area contributed by atoms with Crippen LogP contribution in [0.25, 0.3) is 0 Å². The molecule has 1 aromatic carbocycles. The summed E-state index contributed by atoms with van der Waals surface area (Å²) in [5.74, 6) is -0.623. The molecule has 0 aliphatic rings. The van der Waals surface area contributed by atoms with Crippen molar-refractivity contribution in [3.05, 3.63) is 29.8 Å². The van der Waals surface area contributed by atoms with Gasteiger partial charge in [0.15, 0.2) is 12.4 Å². The van der Waals surface area contributed by atoms with Crippen LogP contribution >= 0.6 is 11.8 Å². The van der Waals surface area contributed by atoms with Gasteiger partial charge in [-0.15, -0.1) is 11.8 Å². The molecule has 0 saturated heterocycles. The van der Waals surface area contributed by atoms with Gasteiger partial charge in [-0.25, -0.2) is 0 Å². The van der Waals surface area contributed by atoms with Crippen molar-refractivity contribution in [1.82, 2.24) is 0 Å². The molecule has 0 amide bonds. The van der Waals surface area contributed by atoms with E-state index in [0.29, 0.717) is 5.56 Å². The first-order valence-electron chi connectivity index (χ1n) is 5.37. The van der Waals surface area contributed by atoms with Crippen molar-refractivity contribution in [2.45, 2.75) is 17.7 Å². The highest BCUT2D eigenvalue weighted by atomic mass is 32.2. The molecule has 18 heavy (non-hydrogen) atoms. The Kier molecular flexibility index (Phi) is 5.95. The molecule has 0 atom stereocenters. The molecule has 0 spiro atoms. The summed E-state index contributed by atoms with van der Waals surface area (Å²) in [5, 5.41) is 8.22. The number of carbonyl (C=O) groups excluding carboxylic acids is 2. The molecular formula is C13H13NO3S. The van der Waals surface area contributed by atoms with E-state index in [9.17, 15) is 9.59 Å². The summed E-state index contributed by atoms with van der Waals surface area (Å²) in [6.45, 7) is -0.268. The molecule has 5 heteroatoms. The highest BCUT2D eigenvalue weighted by Gasteiger charge is 2.10. The number of nitriles is 1. The molecule has 0 aliphatic carbocycles. The number of Topliss-reactive ketones (excluding diaryl/α,β-unsaturated/α-hetero) is 1. The molecule has 1 rings (SSSR count). The van der Waals surface area contributed by atoms with E-state index in [1.54, 1.807) is 30.0 Å². The normalized spacial score (nSPS) is 9.56. The van der Waals surface area contributed by atoms with Crippen LogP contribution < -0.4 is 0 Å². The molecule has 94 valence electrons. The number of carbonyl (C=O) groups is 2. The van der Waals surface area contributed by atoms with Crippen LogP contribution in [0.2, 0.25) is 0 Å². The minimum Gasteiger partial charge on any atom is -0.450 e. The Hall–Kier alpha value is -1.80. The van der Waals surface area contributed by atoms with Gasteiger partial charge in [0, 0.05) is 16.9 Å². The second-order valence-corrected chi connectivity index (χ2v) is 4.35. The number of hydrogen-bond donors (Lipinski definition) is 0. The Balaban J connectivity index is 2.45. The predicted octanol–water partition coefficient (Wildman–Crippen LogP) is 2.44. The van der Waals surface area contributed by atoms with Gasteiger partial charge in [0.25, 0.3) is 0 Å². The Morgan fingerprint density at radius 3 is 2.50 bits per heavy atom. The quantitative estimate of drug-likeness (QED) is 0.448. The molecule has 0 aliphatic heterocycles. The van der Waals surface area contributed by atoms with Gasteiger partial charge in [0.1, 0.15) is 6.07 Å². The summed E-state index contributed by atoms with van der Waals surface area (Å²) in [6.07, 6.45) is 2.07. The van der Waals surface area contributed by atoms with Gasteiger partial charge in [-0.2, -0.15) is 5.26 Å². The van der Waals surface area contributed by atoms with Gasteiger partial charge in [0.2, 0.25) is 0 Å². The zero-order valence-electron chi connectivity index (χ0n) is 10.0. The first-order valence-corrected chi connectivity index (χ1v) is 6.59. The standard InChI is InChI=1S/C13H13NO3S/c1-18-11-4-2-10(3-5-11)12(15)6-7-13(16)17-9-8-14/h2-5H,6-7,9H2,1H3. The van der Waals surface area contributed by atoms with Crippen LogP contribution in [0.4, 0.5) is 0 Å². The SMILES string of the molecule is CSc1ccc(C(=O)CCC(=O)OCC#N)cc1. The number of ether oxygens (including phenoxy) is 1. The Morgan fingerprint density at radius 2 is 1.94 bits per heavy atom. The van der Waals surface area contributed by atoms with Crippen LogP contribution in [-0.2, 0) is 9.53 Å². The number of thioether (sulfide) groups is 1. The zero-order chi connectivity index (χ0) is 13.4. The molecule has 0 N–H and O–H groups in total. The Bertz CT molecular complexity index is 462. The first kappa shape index (κ1) is 14.3. The van der Waals surface area contributed by atoms with Crippen LogP contribution in [-0.4, -0.2) is 24.6 Å². The maximum atomic E-state index is 11.7. The molecular weight excluding hydrogens is 250 g/mol. The monoisotopic (exact) mass is 263 g/mol. The lowest BCUT2D eigenvalue weighted by atomic mass is 10.1. The maximum Gasteiger partial charge on any atom is 0.307 e. The third kappa shape index (κ3) is 4.60. The predicted molar refractivity (Wildman–Crippen MR) is 68.4 cm³/mol. The second kappa shape index (κ2) is 7.51. The van der Waals surface area contributed by atoms with E-state index >= 15 is 0 Å². The summed E-state index contributed by atoms with van der Waals surface area (Å²) in [5.41, 5.74) is 0.584. The summed E-state index contributed by atoms with van der Waals surface area (Å²) in [6, 6.07) is 8.92. The fourth-order valence-electron chi connectivity index (χ4n) is 1.32. The van der Waals surface area contributed by atoms with E-state index < -0.39 is 5.97 Å². The lowest BCUT2D eigenvalue weighted by Gasteiger charge is -2.02. The van der Waals surface area contributed by atoms with E-state index in [1.165, 1.54) is 0 Å². The molecule has 0 bridgehead atoms. The van der Waals surface area contributed by atoms with Crippen LogP contribution in [0.3, 0.4) is 0 Å². The van der Waals surface area contributed by atoms with E-state index in [1.807, 2.05) is 18.4 Å². The van der Waals surface area contributed by atoms with Crippen LogP contribution in [0.1, 0.15) is 23.2 Å². The molecule has 0 fully saturated rings. The van der Waals surface area contributed by atoms with Gasteiger partial charge in [-0.1, -0.05) is 12.1 Å². The topological polar surface area (TPSA) is 67.2 Å². The Labute approximate surface area is 110 Å². The van der Waals surface area contributed by atoms with Crippen molar-refractivity contribution in [3.63, 3.8) is 0 Å². The molecule has 0 unspecified atom stereocenters. The molecule has 0 heterocycles. The van der Waals surface area contributed by atoms with Crippen molar-refractivity contribution in [2.24, 2.45) is 0 Å². The van der Waals surface area contributed by atoms with E-state index in [0.717, 1.165) is 4.90 Å². The number of nitrogens with zero attached hydrogens (tertiary/aromatic N) is 1. The fraction of sp³-hybridized carbons (Fsp3) is 0.308. The molecule has 4 nitrogen and oxygen atoms in total. The number of hydrogen-bond acceptors (Lipinski definition) is 5. The van der Waals surface area contributed by atoms with Crippen molar-refractivity contribution in [3.8, 4) is 6.07 Å². The second-order valence-electron chi connectivity index (χ2n) is 3.47. The van der Waals surface area contributed by atoms with Gasteiger partial charge >= 0.3 is 5.97 Å². The largest absolute Gasteiger partial charge is 0.450 e. The fourth-order valence-corrected chi connectivity index (χ4v) is 1.73. The smallest absolute Gasteiger partial charge is 0.307 e. The minimum atomic E-state index is -0.523. The lowest BCUT2D eigenvalue weighted by molar-refractivity contribution is -0.142. The number of esters is 1. The molecule has 0 saturated carbocycles. The summed E-state index contributed by atoms with van der Waals surface area (Å²) < 4.78 is 4.56. The lowest BCUT2D eigenvalue weighted by Crippen LogP contribution is -2.08. The summed E-state index contributed by atoms with van der Waals surface area (Å²) >= 11 is 1.60. The van der Waals surface area contributed by atoms with Crippen LogP contribution in [0.5, 0.6) is 0 Å². The van der Waals surface area contributed by atoms with Crippen molar-refractivity contribution in [2.75, 3.05) is 12.9 Å². The molecule has 0 aromatic heterocycles. The van der Waals surface area contributed by atoms with Gasteiger partial charge in [-0.3, -0.25) is 9.59 Å². The van der Waals surface area contributed by atoms with Crippen molar-refractivity contribution < 1.29 is 14.3 Å². The molecule has 1 aromatic rings. The number of rotatable bonds is 6. The Morgan fingerprint density at radius 1 is 1.28 bits per heavy atom. The average molecular weight is 263 g/mol. The van der Waals surface area contributed by atoms with Gasteiger partial charge in [0.05, 0.1) is 6.42 Å². The summed E-state index contributed by atoms with van der Waals surface area (Å²) in [7, 11) is 0. The van der Waals surface area contributed by atoms with Crippen molar-refractivity contribution >= 4 is 23.5 Å². The van der Waals surface area contributed by atoms with E-state index in [2.05, 4.69) is 4.74 Å². The third-order valence-corrected chi connectivity index (χ3v) is 3.01. The molecule has 0 radical (unpaired) electrons. The highest BCUT2D eigenvalue weighted by molar-refractivity contribution is 7.98. The van der Waals surface area contributed by atoms with Crippen LogP contribution in [0, 0.1) is 11.3 Å². The van der Waals surface area contributed by atoms with Gasteiger partial charge < -0.3 is 4.74 Å². The third-order valence-electron chi connectivity index (χ3n) is 2.27. The van der Waals surface area contributed by atoms with Crippen molar-refractivity contribution in [1.29, 1.82) is 5.26 Å². The zero-order valence-corrected chi connectivity index (χ0v) is 10.8. The number of benzene rings is 1. The summed E-state index contributed by atoms with van der Waals surface area (Å²) in [4.78, 5) is 23.9. The highest BCUT2D eigenvalue weighted by Crippen LogP contribution is 2.16. The van der Waals surface area contributed by atoms with Crippen LogP contribution in [0.15, 0.2) is 29.2 Å². The van der Waals surface area contributed by atoms with Gasteiger partial charge in [-0.05, 0) is 18.4 Å². The minimum absolute atomic E-state index is 0.00475.